The van der Waals surface area contributed by atoms with Crippen LogP contribution in [-0.2, 0) is 20.8 Å². The summed E-state index contributed by atoms with van der Waals surface area (Å²) in [5, 5.41) is 6.30. The van der Waals surface area contributed by atoms with Crippen molar-refractivity contribution in [3.8, 4) is 0 Å². The molecule has 7 heteroatoms. The summed E-state index contributed by atoms with van der Waals surface area (Å²) in [4.78, 5) is 19.0. The molecule has 1 saturated heterocycles. The lowest BCUT2D eigenvalue weighted by atomic mass is 10.1. The Morgan fingerprint density at radius 3 is 2.62 bits per heavy atom. The summed E-state index contributed by atoms with van der Waals surface area (Å²) in [5.41, 5.74) is 1.10. The molecule has 0 spiro atoms. The lowest BCUT2D eigenvalue weighted by molar-refractivity contribution is -0.121. The van der Waals surface area contributed by atoms with Gasteiger partial charge in [-0.05, 0) is 31.7 Å². The number of piperidine rings is 1. The number of amides is 1. The predicted molar refractivity (Wildman–Crippen MR) is 116 cm³/mol. The first kappa shape index (κ1) is 23.2. The maximum atomic E-state index is 12.1. The number of nitrogens with one attached hydrogen (secondary N) is 2. The summed E-state index contributed by atoms with van der Waals surface area (Å²) in [6.07, 6.45) is 3.63. The molecule has 1 amide bonds. The first-order valence-electron chi connectivity index (χ1n) is 10.7. The number of carbonyl (C=O) groups excluding carboxylic acids is 1. The van der Waals surface area contributed by atoms with E-state index in [2.05, 4.69) is 27.4 Å². The Morgan fingerprint density at radius 2 is 1.93 bits per heavy atom. The molecular formula is C22H36N4O3. The zero-order valence-electron chi connectivity index (χ0n) is 17.9. The van der Waals surface area contributed by atoms with Crippen molar-refractivity contribution in [1.29, 1.82) is 0 Å². The first-order valence-corrected chi connectivity index (χ1v) is 10.7. The van der Waals surface area contributed by atoms with Crippen LogP contribution in [0.2, 0.25) is 0 Å². The highest BCUT2D eigenvalue weighted by molar-refractivity contribution is 5.81. The minimum absolute atomic E-state index is 0.0246. The minimum atomic E-state index is 0.0246. The molecule has 1 fully saturated rings. The molecule has 1 aromatic carbocycles. The van der Waals surface area contributed by atoms with Crippen LogP contribution in [0.5, 0.6) is 0 Å². The van der Waals surface area contributed by atoms with Gasteiger partial charge < -0.3 is 25.0 Å². The van der Waals surface area contributed by atoms with E-state index >= 15 is 0 Å². The predicted octanol–water partition coefficient (Wildman–Crippen LogP) is 2.18. The van der Waals surface area contributed by atoms with Crippen LogP contribution in [0.4, 0.5) is 0 Å². The van der Waals surface area contributed by atoms with Gasteiger partial charge >= 0.3 is 0 Å². The highest BCUT2D eigenvalue weighted by Gasteiger charge is 2.21. The fraction of sp³-hybridized carbons (Fsp3) is 0.636. The molecule has 1 aromatic rings. The number of nitrogens with zero attached hydrogens (tertiary/aromatic N) is 2. The lowest BCUT2D eigenvalue weighted by Crippen LogP contribution is -2.47. The van der Waals surface area contributed by atoms with Crippen LogP contribution < -0.4 is 10.6 Å². The van der Waals surface area contributed by atoms with Gasteiger partial charge in [0.1, 0.15) is 0 Å². The third kappa shape index (κ3) is 9.28. The molecule has 0 unspecified atom stereocenters. The topological polar surface area (TPSA) is 75.2 Å². The monoisotopic (exact) mass is 404 g/mol. The molecule has 0 atom stereocenters. The number of guanidine groups is 1. The van der Waals surface area contributed by atoms with Crippen LogP contribution in [0.3, 0.4) is 0 Å². The standard InChI is InChI=1S/C22H36N4O3/c1-3-23-22(26-14-11-20(12-15-26)29-17-7-16-28-2)24-13-10-21(27)25-18-19-8-5-4-6-9-19/h4-6,8-9,20H,3,7,10-18H2,1-2H3,(H,23,24)(H,25,27). The number of rotatable bonds is 11. The first-order chi connectivity index (χ1) is 14.2. The largest absolute Gasteiger partial charge is 0.385 e. The minimum Gasteiger partial charge on any atom is -0.385 e. The fourth-order valence-corrected chi connectivity index (χ4v) is 3.26. The number of methoxy groups -OCH3 is 1. The summed E-state index contributed by atoms with van der Waals surface area (Å²) in [7, 11) is 1.72. The fourth-order valence-electron chi connectivity index (χ4n) is 3.26. The van der Waals surface area contributed by atoms with E-state index in [0.29, 0.717) is 25.6 Å². The summed E-state index contributed by atoms with van der Waals surface area (Å²) >= 11 is 0. The summed E-state index contributed by atoms with van der Waals surface area (Å²) < 4.78 is 11.0. The summed E-state index contributed by atoms with van der Waals surface area (Å²) in [5.74, 6) is 0.915. The Morgan fingerprint density at radius 1 is 1.17 bits per heavy atom. The van der Waals surface area contributed by atoms with E-state index < -0.39 is 0 Å². The van der Waals surface area contributed by atoms with Gasteiger partial charge in [-0.2, -0.15) is 0 Å². The average molecular weight is 405 g/mol. The van der Waals surface area contributed by atoms with Gasteiger partial charge in [-0.1, -0.05) is 30.3 Å². The smallest absolute Gasteiger partial charge is 0.222 e. The molecule has 0 aromatic heterocycles. The average Bonchev–Trinajstić information content (AvgIpc) is 2.76. The molecule has 7 nitrogen and oxygen atoms in total. The van der Waals surface area contributed by atoms with Crippen molar-refractivity contribution >= 4 is 11.9 Å². The number of likely N-dealkylation sites (tertiary alicyclic amines) is 1. The van der Waals surface area contributed by atoms with Gasteiger partial charge in [0.25, 0.3) is 0 Å². The molecule has 0 bridgehead atoms. The second-order valence-corrected chi connectivity index (χ2v) is 7.15. The van der Waals surface area contributed by atoms with E-state index in [1.54, 1.807) is 7.11 Å². The number of hydrogen-bond donors (Lipinski definition) is 2. The van der Waals surface area contributed by atoms with Crippen LogP contribution in [0, 0.1) is 0 Å². The van der Waals surface area contributed by atoms with Crippen LogP contribution in [0.25, 0.3) is 0 Å². The molecule has 0 radical (unpaired) electrons. The van der Waals surface area contributed by atoms with Gasteiger partial charge in [0.05, 0.1) is 12.6 Å². The Balaban J connectivity index is 1.70. The van der Waals surface area contributed by atoms with Crippen molar-refractivity contribution in [2.45, 2.75) is 45.3 Å². The maximum Gasteiger partial charge on any atom is 0.222 e. The van der Waals surface area contributed by atoms with E-state index in [1.165, 1.54) is 0 Å². The summed E-state index contributed by atoms with van der Waals surface area (Å²) in [6, 6.07) is 9.93. The Kier molecular flexibility index (Phi) is 11.1. The normalized spacial score (nSPS) is 15.4. The molecule has 1 heterocycles. The van der Waals surface area contributed by atoms with Gasteiger partial charge in [-0.3, -0.25) is 9.79 Å². The molecule has 2 N–H and O–H groups in total. The molecule has 29 heavy (non-hydrogen) atoms. The zero-order chi connectivity index (χ0) is 20.7. The number of hydrogen-bond acceptors (Lipinski definition) is 4. The van der Waals surface area contributed by atoms with Crippen molar-refractivity contribution < 1.29 is 14.3 Å². The molecular weight excluding hydrogens is 368 g/mol. The van der Waals surface area contributed by atoms with E-state index in [1.807, 2.05) is 30.3 Å². The number of benzene rings is 1. The SMILES string of the molecule is CCNC(=NCCC(=O)NCc1ccccc1)N1CCC(OCCCOC)CC1. The van der Waals surface area contributed by atoms with Crippen molar-refractivity contribution in [3.63, 3.8) is 0 Å². The van der Waals surface area contributed by atoms with Crippen LogP contribution >= 0.6 is 0 Å². The zero-order valence-corrected chi connectivity index (χ0v) is 17.9. The highest BCUT2D eigenvalue weighted by Crippen LogP contribution is 2.14. The number of carbonyl (C=O) groups is 1. The van der Waals surface area contributed by atoms with E-state index in [0.717, 1.165) is 63.6 Å². The third-order valence-electron chi connectivity index (χ3n) is 4.86. The molecule has 1 aliphatic rings. The molecule has 0 aliphatic carbocycles. The van der Waals surface area contributed by atoms with Crippen LogP contribution in [-0.4, -0.2) is 69.4 Å². The van der Waals surface area contributed by atoms with Crippen LogP contribution in [0.15, 0.2) is 35.3 Å². The van der Waals surface area contributed by atoms with Crippen molar-refractivity contribution in [2.24, 2.45) is 4.99 Å². The maximum absolute atomic E-state index is 12.1. The van der Waals surface area contributed by atoms with Gasteiger partial charge in [-0.15, -0.1) is 0 Å². The molecule has 2 rings (SSSR count). The molecule has 162 valence electrons. The van der Waals surface area contributed by atoms with Crippen LogP contribution in [0.1, 0.15) is 38.2 Å². The second kappa shape index (κ2) is 14.0. The number of ether oxygens (including phenoxy) is 2. The lowest BCUT2D eigenvalue weighted by Gasteiger charge is -2.34. The quantitative estimate of drug-likeness (QED) is 0.336. The molecule has 0 saturated carbocycles. The van der Waals surface area contributed by atoms with E-state index in [-0.39, 0.29) is 5.91 Å². The van der Waals surface area contributed by atoms with Crippen molar-refractivity contribution in [1.82, 2.24) is 15.5 Å². The molecule has 1 aliphatic heterocycles. The van der Waals surface area contributed by atoms with Gasteiger partial charge in [0.2, 0.25) is 5.91 Å². The van der Waals surface area contributed by atoms with Gasteiger partial charge in [-0.25, -0.2) is 0 Å². The Bertz CT molecular complexity index is 601. The van der Waals surface area contributed by atoms with Crippen molar-refractivity contribution in [3.05, 3.63) is 35.9 Å². The van der Waals surface area contributed by atoms with Gasteiger partial charge in [0, 0.05) is 52.9 Å². The van der Waals surface area contributed by atoms with E-state index in [9.17, 15) is 4.79 Å². The highest BCUT2D eigenvalue weighted by atomic mass is 16.5. The van der Waals surface area contributed by atoms with E-state index in [4.69, 9.17) is 9.47 Å². The number of aliphatic imine (C=N–C) groups is 1. The summed E-state index contributed by atoms with van der Waals surface area (Å²) in [6.45, 7) is 7.25. The third-order valence-corrected chi connectivity index (χ3v) is 4.86. The van der Waals surface area contributed by atoms with Crippen molar-refractivity contribution in [2.75, 3.05) is 46.5 Å². The second-order valence-electron chi connectivity index (χ2n) is 7.15. The Hall–Kier alpha value is -2.12. The van der Waals surface area contributed by atoms with Gasteiger partial charge in [0.15, 0.2) is 5.96 Å². The Labute approximate surface area is 174 Å².